The largest absolute Gasteiger partial charge is 0.395 e. The van der Waals surface area contributed by atoms with Crippen LogP contribution in [0, 0.1) is 10.1 Å². The van der Waals surface area contributed by atoms with Crippen LogP contribution in [0.25, 0.3) is 0 Å². The van der Waals surface area contributed by atoms with Crippen LogP contribution in [0.1, 0.15) is 0 Å². The lowest BCUT2D eigenvalue weighted by Crippen LogP contribution is -2.08. The van der Waals surface area contributed by atoms with E-state index in [0.717, 1.165) is 0 Å². The molecular formula is C8H11N3O3. The summed E-state index contributed by atoms with van der Waals surface area (Å²) in [5, 5.41) is 21.9. The number of rotatable bonds is 4. The first-order valence-corrected chi connectivity index (χ1v) is 4.04. The van der Waals surface area contributed by atoms with Gasteiger partial charge in [-0.3, -0.25) is 10.1 Å². The third kappa shape index (κ3) is 2.11. The molecule has 1 aromatic carbocycles. The fourth-order valence-corrected chi connectivity index (χ4v) is 1.10. The van der Waals surface area contributed by atoms with Crippen molar-refractivity contribution in [3.05, 3.63) is 28.3 Å². The van der Waals surface area contributed by atoms with E-state index in [1.807, 2.05) is 0 Å². The highest BCUT2D eigenvalue weighted by Gasteiger charge is 2.16. The molecule has 0 fully saturated rings. The second-order valence-electron chi connectivity index (χ2n) is 2.65. The fraction of sp³-hybridized carbons (Fsp3) is 0.250. The molecule has 0 bridgehead atoms. The molecule has 4 N–H and O–H groups in total. The highest BCUT2D eigenvalue weighted by Crippen LogP contribution is 2.29. The smallest absolute Gasteiger partial charge is 0.314 e. The molecule has 6 nitrogen and oxygen atoms in total. The zero-order chi connectivity index (χ0) is 10.6. The maximum atomic E-state index is 10.6. The lowest BCUT2D eigenvalue weighted by atomic mass is 10.2. The summed E-state index contributed by atoms with van der Waals surface area (Å²) in [6.45, 7) is 0.163. The molecule has 0 aliphatic heterocycles. The zero-order valence-corrected chi connectivity index (χ0v) is 7.43. The van der Waals surface area contributed by atoms with Crippen LogP contribution in [0.15, 0.2) is 18.2 Å². The molecule has 0 aromatic heterocycles. The Hall–Kier alpha value is -1.82. The van der Waals surface area contributed by atoms with Crippen LogP contribution in [0.4, 0.5) is 17.1 Å². The van der Waals surface area contributed by atoms with Crippen LogP contribution in [0.2, 0.25) is 0 Å². The van der Waals surface area contributed by atoms with E-state index in [9.17, 15) is 10.1 Å². The Morgan fingerprint density at radius 1 is 1.57 bits per heavy atom. The third-order valence-corrected chi connectivity index (χ3v) is 1.68. The lowest BCUT2D eigenvalue weighted by molar-refractivity contribution is -0.383. The number of hydrogen-bond donors (Lipinski definition) is 3. The second kappa shape index (κ2) is 4.43. The van der Waals surface area contributed by atoms with Crippen molar-refractivity contribution in [3.8, 4) is 0 Å². The molecule has 0 radical (unpaired) electrons. The van der Waals surface area contributed by atoms with Crippen molar-refractivity contribution in [2.24, 2.45) is 0 Å². The number of nitrogens with two attached hydrogens (primary N) is 1. The predicted molar refractivity (Wildman–Crippen MR) is 53.1 cm³/mol. The minimum atomic E-state index is -0.547. The predicted octanol–water partition coefficient (Wildman–Crippen LogP) is 0.581. The molecule has 1 rings (SSSR count). The molecule has 0 aliphatic carbocycles. The van der Waals surface area contributed by atoms with E-state index in [-0.39, 0.29) is 24.5 Å². The number of benzene rings is 1. The fourth-order valence-electron chi connectivity index (χ4n) is 1.10. The summed E-state index contributed by atoms with van der Waals surface area (Å²) in [5.74, 6) is 0. The average Bonchev–Trinajstić information content (AvgIpc) is 2.14. The van der Waals surface area contributed by atoms with Gasteiger partial charge < -0.3 is 16.2 Å². The highest BCUT2D eigenvalue weighted by atomic mass is 16.6. The first kappa shape index (κ1) is 10.3. The molecule has 1 aromatic rings. The summed E-state index contributed by atoms with van der Waals surface area (Å²) in [6, 6.07) is 4.62. The van der Waals surface area contributed by atoms with E-state index in [2.05, 4.69) is 5.32 Å². The molecule has 76 valence electrons. The van der Waals surface area contributed by atoms with Crippen molar-refractivity contribution in [1.29, 1.82) is 0 Å². The normalized spacial score (nSPS) is 9.79. The average molecular weight is 197 g/mol. The summed E-state index contributed by atoms with van der Waals surface area (Å²) in [5.41, 5.74) is 5.73. The Balaban J connectivity index is 3.02. The lowest BCUT2D eigenvalue weighted by Gasteiger charge is -2.06. The third-order valence-electron chi connectivity index (χ3n) is 1.68. The molecule has 6 heteroatoms. The number of nitro benzene ring substituents is 1. The van der Waals surface area contributed by atoms with Crippen LogP contribution in [-0.2, 0) is 0 Å². The summed E-state index contributed by atoms with van der Waals surface area (Å²) in [4.78, 5) is 10.1. The monoisotopic (exact) mass is 197 g/mol. The standard InChI is InChI=1S/C8H11N3O3/c9-6-2-1-3-7(10-4-5-12)8(6)11(13)14/h1-3,10,12H,4-5,9H2. The van der Waals surface area contributed by atoms with Gasteiger partial charge >= 0.3 is 5.69 Å². The number of nitro groups is 1. The Morgan fingerprint density at radius 2 is 2.29 bits per heavy atom. The first-order chi connectivity index (χ1) is 6.66. The van der Waals surface area contributed by atoms with Gasteiger partial charge in [-0.05, 0) is 12.1 Å². The molecule has 0 unspecified atom stereocenters. The maximum Gasteiger partial charge on any atom is 0.314 e. The highest BCUT2D eigenvalue weighted by molar-refractivity contribution is 5.74. The molecule has 0 amide bonds. The van der Waals surface area contributed by atoms with Crippen molar-refractivity contribution >= 4 is 17.1 Å². The maximum absolute atomic E-state index is 10.6. The number of nitrogens with one attached hydrogen (secondary N) is 1. The Morgan fingerprint density at radius 3 is 2.86 bits per heavy atom. The zero-order valence-electron chi connectivity index (χ0n) is 7.43. The van der Waals surface area contributed by atoms with E-state index < -0.39 is 4.92 Å². The number of hydrogen-bond acceptors (Lipinski definition) is 5. The van der Waals surface area contributed by atoms with Crippen LogP contribution in [-0.4, -0.2) is 23.2 Å². The van der Waals surface area contributed by atoms with Crippen LogP contribution in [0.3, 0.4) is 0 Å². The minimum absolute atomic E-state index is 0.0913. The van der Waals surface area contributed by atoms with Gasteiger partial charge in [0.1, 0.15) is 11.4 Å². The minimum Gasteiger partial charge on any atom is -0.395 e. The van der Waals surface area contributed by atoms with Gasteiger partial charge in [-0.2, -0.15) is 0 Å². The van der Waals surface area contributed by atoms with Gasteiger partial charge in [-0.25, -0.2) is 0 Å². The van der Waals surface area contributed by atoms with Crippen LogP contribution in [0.5, 0.6) is 0 Å². The van der Waals surface area contributed by atoms with Gasteiger partial charge in [0.25, 0.3) is 0 Å². The summed E-state index contributed by atoms with van der Waals surface area (Å²) < 4.78 is 0. The number of nitrogens with zero attached hydrogens (tertiary/aromatic N) is 1. The van der Waals surface area contributed by atoms with Crippen LogP contribution < -0.4 is 11.1 Å². The van der Waals surface area contributed by atoms with E-state index in [1.54, 1.807) is 12.1 Å². The van der Waals surface area contributed by atoms with E-state index in [1.165, 1.54) is 6.07 Å². The van der Waals surface area contributed by atoms with Crippen LogP contribution >= 0.6 is 0 Å². The Labute approximate surface area is 80.5 Å². The van der Waals surface area contributed by atoms with Crippen molar-refractivity contribution in [3.63, 3.8) is 0 Å². The first-order valence-electron chi connectivity index (χ1n) is 4.04. The van der Waals surface area contributed by atoms with Gasteiger partial charge in [-0.1, -0.05) is 6.07 Å². The summed E-state index contributed by atoms with van der Waals surface area (Å²) in [6.07, 6.45) is 0. The quantitative estimate of drug-likeness (QED) is 0.372. The van der Waals surface area contributed by atoms with Crippen molar-refractivity contribution < 1.29 is 10.0 Å². The molecular weight excluding hydrogens is 186 g/mol. The van der Waals surface area contributed by atoms with E-state index in [0.29, 0.717) is 5.69 Å². The van der Waals surface area contributed by atoms with Gasteiger partial charge in [0.15, 0.2) is 0 Å². The van der Waals surface area contributed by atoms with Gasteiger partial charge in [0.05, 0.1) is 11.5 Å². The van der Waals surface area contributed by atoms with Crippen molar-refractivity contribution in [1.82, 2.24) is 0 Å². The summed E-state index contributed by atoms with van der Waals surface area (Å²) in [7, 11) is 0. The molecule has 0 spiro atoms. The number of aliphatic hydroxyl groups is 1. The number of para-hydroxylation sites is 1. The van der Waals surface area contributed by atoms with Crippen molar-refractivity contribution in [2.45, 2.75) is 0 Å². The molecule has 0 aliphatic rings. The SMILES string of the molecule is Nc1cccc(NCCO)c1[N+](=O)[O-]. The number of aliphatic hydroxyl groups excluding tert-OH is 1. The molecule has 0 heterocycles. The van der Waals surface area contributed by atoms with E-state index in [4.69, 9.17) is 10.8 Å². The van der Waals surface area contributed by atoms with Gasteiger partial charge in [0.2, 0.25) is 0 Å². The topological polar surface area (TPSA) is 101 Å². The second-order valence-corrected chi connectivity index (χ2v) is 2.65. The molecule has 14 heavy (non-hydrogen) atoms. The molecule has 0 saturated carbocycles. The van der Waals surface area contributed by atoms with Crippen molar-refractivity contribution in [2.75, 3.05) is 24.2 Å². The Kier molecular flexibility index (Phi) is 3.24. The molecule has 0 saturated heterocycles. The van der Waals surface area contributed by atoms with Gasteiger partial charge in [0, 0.05) is 6.54 Å². The van der Waals surface area contributed by atoms with Gasteiger partial charge in [-0.15, -0.1) is 0 Å². The number of anilines is 2. The molecule has 0 atom stereocenters. The Bertz CT molecular complexity index is 341. The summed E-state index contributed by atoms with van der Waals surface area (Å²) >= 11 is 0. The van der Waals surface area contributed by atoms with E-state index >= 15 is 0 Å². The number of nitrogen functional groups attached to an aromatic ring is 1.